The summed E-state index contributed by atoms with van der Waals surface area (Å²) in [6.45, 7) is 1.51. The predicted octanol–water partition coefficient (Wildman–Crippen LogP) is 4.02. The lowest BCUT2D eigenvalue weighted by Crippen LogP contribution is -2.33. The van der Waals surface area contributed by atoms with Crippen molar-refractivity contribution in [2.45, 2.75) is 11.7 Å². The van der Waals surface area contributed by atoms with Gasteiger partial charge in [0, 0.05) is 35.7 Å². The predicted molar refractivity (Wildman–Crippen MR) is 102 cm³/mol. The summed E-state index contributed by atoms with van der Waals surface area (Å²) in [5.74, 6) is 2.24. The Hall–Kier alpha value is -2.14. The highest BCUT2D eigenvalue weighted by Gasteiger charge is 2.23. The number of carbonyl (C=O) groups excluding carboxylic acids is 1. The summed E-state index contributed by atoms with van der Waals surface area (Å²) in [7, 11) is 3.19. The lowest BCUT2D eigenvalue weighted by Gasteiger charge is -2.21. The highest BCUT2D eigenvalue weighted by Crippen LogP contribution is 2.34. The Balaban J connectivity index is 1.73. The van der Waals surface area contributed by atoms with Gasteiger partial charge in [0.2, 0.25) is 0 Å². The molecule has 1 atom stereocenters. The van der Waals surface area contributed by atoms with Crippen molar-refractivity contribution in [3.8, 4) is 11.5 Å². The van der Waals surface area contributed by atoms with E-state index in [2.05, 4.69) is 24.3 Å². The number of hydrogen-bond donors (Lipinski definition) is 0. The van der Waals surface area contributed by atoms with Crippen LogP contribution < -0.4 is 9.47 Å². The number of amides is 1. The van der Waals surface area contributed by atoms with Crippen LogP contribution in [0.1, 0.15) is 27.6 Å². The van der Waals surface area contributed by atoms with Gasteiger partial charge in [-0.1, -0.05) is 30.3 Å². The van der Waals surface area contributed by atoms with Crippen LogP contribution in [0.25, 0.3) is 0 Å². The normalized spacial score (nSPS) is 17.7. The minimum absolute atomic E-state index is 0.0338. The van der Waals surface area contributed by atoms with Gasteiger partial charge in [-0.15, -0.1) is 0 Å². The largest absolute Gasteiger partial charge is 0.497 e. The van der Waals surface area contributed by atoms with Gasteiger partial charge in [0.1, 0.15) is 11.5 Å². The van der Waals surface area contributed by atoms with E-state index in [9.17, 15) is 4.79 Å². The number of benzene rings is 2. The van der Waals surface area contributed by atoms with Gasteiger partial charge in [0.25, 0.3) is 5.91 Å². The van der Waals surface area contributed by atoms with Crippen LogP contribution in [0, 0.1) is 0 Å². The van der Waals surface area contributed by atoms with Crippen molar-refractivity contribution < 1.29 is 14.3 Å². The maximum atomic E-state index is 12.9. The van der Waals surface area contributed by atoms with Crippen LogP contribution in [0.3, 0.4) is 0 Å². The van der Waals surface area contributed by atoms with Crippen molar-refractivity contribution in [1.82, 2.24) is 4.90 Å². The Morgan fingerprint density at radius 1 is 1.04 bits per heavy atom. The second-order valence-electron chi connectivity index (χ2n) is 5.95. The number of nitrogens with zero attached hydrogens (tertiary/aromatic N) is 1. The quantitative estimate of drug-likeness (QED) is 0.828. The highest BCUT2D eigenvalue weighted by molar-refractivity contribution is 7.99. The van der Waals surface area contributed by atoms with Crippen LogP contribution in [0.2, 0.25) is 0 Å². The molecule has 2 aromatic rings. The molecular weight excluding hydrogens is 334 g/mol. The Morgan fingerprint density at radius 2 is 1.72 bits per heavy atom. The third-order valence-corrected chi connectivity index (χ3v) is 5.73. The standard InChI is InChI=1S/C20H23NO3S/c1-23-17-12-16(13-18(14-17)24-2)20(22)21-9-8-19(25-11-10-21)15-6-4-3-5-7-15/h3-7,12-14,19H,8-11H2,1-2H3. The Labute approximate surface area is 153 Å². The molecule has 132 valence electrons. The first-order chi connectivity index (χ1) is 12.2. The molecule has 5 heteroatoms. The van der Waals surface area contributed by atoms with Crippen molar-refractivity contribution in [3.63, 3.8) is 0 Å². The van der Waals surface area contributed by atoms with Crippen molar-refractivity contribution in [3.05, 3.63) is 59.7 Å². The van der Waals surface area contributed by atoms with Gasteiger partial charge in [-0.3, -0.25) is 4.79 Å². The van der Waals surface area contributed by atoms with Gasteiger partial charge in [-0.05, 0) is 24.1 Å². The molecule has 1 aliphatic rings. The van der Waals surface area contributed by atoms with Crippen molar-refractivity contribution in [1.29, 1.82) is 0 Å². The monoisotopic (exact) mass is 357 g/mol. The van der Waals surface area contributed by atoms with Crippen LogP contribution in [0.15, 0.2) is 48.5 Å². The average Bonchev–Trinajstić information content (AvgIpc) is 2.93. The molecule has 0 spiro atoms. The molecule has 1 fully saturated rings. The summed E-state index contributed by atoms with van der Waals surface area (Å²) in [6, 6.07) is 15.9. The molecule has 0 radical (unpaired) electrons. The van der Waals surface area contributed by atoms with Crippen LogP contribution in [-0.4, -0.2) is 43.9 Å². The Morgan fingerprint density at radius 3 is 2.36 bits per heavy atom. The number of ether oxygens (including phenoxy) is 2. The van der Waals surface area contributed by atoms with Crippen molar-refractivity contribution in [2.75, 3.05) is 33.1 Å². The summed E-state index contributed by atoms with van der Waals surface area (Å²) in [4.78, 5) is 14.9. The number of rotatable bonds is 4. The number of carbonyl (C=O) groups is 1. The highest BCUT2D eigenvalue weighted by atomic mass is 32.2. The van der Waals surface area contributed by atoms with Gasteiger partial charge < -0.3 is 14.4 Å². The number of methoxy groups -OCH3 is 2. The van der Waals surface area contributed by atoms with Gasteiger partial charge >= 0.3 is 0 Å². The molecule has 0 N–H and O–H groups in total. The molecule has 0 saturated carbocycles. The second kappa shape index (κ2) is 8.30. The van der Waals surface area contributed by atoms with E-state index in [1.54, 1.807) is 32.4 Å². The molecule has 1 amide bonds. The average molecular weight is 357 g/mol. The number of hydrogen-bond acceptors (Lipinski definition) is 4. The minimum atomic E-state index is 0.0338. The summed E-state index contributed by atoms with van der Waals surface area (Å²) in [6.07, 6.45) is 0.960. The Kier molecular flexibility index (Phi) is 5.87. The molecule has 0 bridgehead atoms. The van der Waals surface area contributed by atoms with E-state index in [-0.39, 0.29) is 5.91 Å². The molecule has 4 nitrogen and oxygen atoms in total. The second-order valence-corrected chi connectivity index (χ2v) is 7.26. The van der Waals surface area contributed by atoms with E-state index in [1.807, 2.05) is 22.7 Å². The zero-order valence-electron chi connectivity index (χ0n) is 14.6. The topological polar surface area (TPSA) is 38.8 Å². The fourth-order valence-electron chi connectivity index (χ4n) is 3.02. The summed E-state index contributed by atoms with van der Waals surface area (Å²) in [5.41, 5.74) is 1.95. The van der Waals surface area contributed by atoms with Gasteiger partial charge in [-0.25, -0.2) is 0 Å². The van der Waals surface area contributed by atoms with E-state index in [1.165, 1.54) is 5.56 Å². The van der Waals surface area contributed by atoms with Crippen molar-refractivity contribution >= 4 is 17.7 Å². The molecule has 3 rings (SSSR count). The van der Waals surface area contributed by atoms with Crippen molar-refractivity contribution in [2.24, 2.45) is 0 Å². The zero-order chi connectivity index (χ0) is 17.6. The number of thioether (sulfide) groups is 1. The fraction of sp³-hybridized carbons (Fsp3) is 0.350. The van der Waals surface area contributed by atoms with E-state index in [0.717, 1.165) is 25.3 Å². The molecule has 1 unspecified atom stereocenters. The molecule has 25 heavy (non-hydrogen) atoms. The minimum Gasteiger partial charge on any atom is -0.497 e. The lowest BCUT2D eigenvalue weighted by molar-refractivity contribution is 0.0766. The molecule has 0 aromatic heterocycles. The zero-order valence-corrected chi connectivity index (χ0v) is 15.4. The van der Waals surface area contributed by atoms with Crippen LogP contribution in [0.4, 0.5) is 0 Å². The first-order valence-electron chi connectivity index (χ1n) is 8.40. The third kappa shape index (κ3) is 4.28. The lowest BCUT2D eigenvalue weighted by atomic mass is 10.1. The first kappa shape index (κ1) is 17.7. The first-order valence-corrected chi connectivity index (χ1v) is 9.45. The van der Waals surface area contributed by atoms with Gasteiger partial charge in [-0.2, -0.15) is 11.8 Å². The van der Waals surface area contributed by atoms with E-state index in [4.69, 9.17) is 9.47 Å². The van der Waals surface area contributed by atoms with E-state index in [0.29, 0.717) is 22.3 Å². The summed E-state index contributed by atoms with van der Waals surface area (Å²) < 4.78 is 10.6. The van der Waals surface area contributed by atoms with Gasteiger partial charge in [0.15, 0.2) is 0 Å². The molecule has 1 saturated heterocycles. The molecular formula is C20H23NO3S. The smallest absolute Gasteiger partial charge is 0.254 e. The Bertz CT molecular complexity index is 698. The van der Waals surface area contributed by atoms with E-state index < -0.39 is 0 Å². The summed E-state index contributed by atoms with van der Waals surface area (Å²) >= 11 is 1.93. The van der Waals surface area contributed by atoms with Crippen LogP contribution >= 0.6 is 11.8 Å². The molecule has 1 aliphatic heterocycles. The maximum Gasteiger partial charge on any atom is 0.254 e. The fourth-order valence-corrected chi connectivity index (χ4v) is 4.25. The van der Waals surface area contributed by atoms with Gasteiger partial charge in [0.05, 0.1) is 14.2 Å². The van der Waals surface area contributed by atoms with Crippen LogP contribution in [-0.2, 0) is 0 Å². The molecule has 1 heterocycles. The third-order valence-electron chi connectivity index (χ3n) is 4.40. The van der Waals surface area contributed by atoms with Crippen LogP contribution in [0.5, 0.6) is 11.5 Å². The SMILES string of the molecule is COc1cc(OC)cc(C(=O)N2CCSC(c3ccccc3)CC2)c1. The molecule has 2 aromatic carbocycles. The van der Waals surface area contributed by atoms with E-state index >= 15 is 0 Å². The molecule has 0 aliphatic carbocycles. The summed E-state index contributed by atoms with van der Waals surface area (Å²) in [5, 5.41) is 0.443. The maximum absolute atomic E-state index is 12.9.